The van der Waals surface area contributed by atoms with Crippen LogP contribution in [0.15, 0.2) is 76.8 Å². The van der Waals surface area contributed by atoms with E-state index >= 15 is 0 Å². The lowest BCUT2D eigenvalue weighted by Gasteiger charge is -2.18. The summed E-state index contributed by atoms with van der Waals surface area (Å²) < 4.78 is 28.8. The first kappa shape index (κ1) is 31.9. The minimum atomic E-state index is -3.62. The van der Waals surface area contributed by atoms with E-state index < -0.39 is 10.0 Å². The molecule has 2 N–H and O–H groups in total. The molecular weight excluding hydrogens is 585 g/mol. The quantitative estimate of drug-likeness (QED) is 0.216. The van der Waals surface area contributed by atoms with Gasteiger partial charge in [-0.3, -0.25) is 14.2 Å². The summed E-state index contributed by atoms with van der Waals surface area (Å²) in [5, 5.41) is 15.0. The molecule has 0 atom stereocenters. The minimum Gasteiger partial charge on any atom is -0.345 e. The van der Waals surface area contributed by atoms with Crippen LogP contribution in [0.4, 0.5) is 5.69 Å². The summed E-state index contributed by atoms with van der Waals surface area (Å²) >= 11 is 1.25. The highest BCUT2D eigenvalue weighted by Gasteiger charge is 2.22. The Morgan fingerprint density at radius 2 is 1.60 bits per heavy atom. The van der Waals surface area contributed by atoms with E-state index in [0.717, 1.165) is 28.1 Å². The summed E-state index contributed by atoms with van der Waals surface area (Å²) in [5.41, 5.74) is 4.96. The van der Waals surface area contributed by atoms with Crippen molar-refractivity contribution in [3.63, 3.8) is 0 Å². The summed E-state index contributed by atoms with van der Waals surface area (Å²) in [6.07, 6.45) is 0. The van der Waals surface area contributed by atoms with Crippen molar-refractivity contribution in [2.45, 2.75) is 51.2 Å². The molecule has 12 heteroatoms. The van der Waals surface area contributed by atoms with Crippen molar-refractivity contribution in [1.82, 2.24) is 24.4 Å². The van der Waals surface area contributed by atoms with Gasteiger partial charge in [0, 0.05) is 24.3 Å². The van der Waals surface area contributed by atoms with Gasteiger partial charge in [0.1, 0.15) is 0 Å². The Morgan fingerprint density at radius 1 is 0.907 bits per heavy atom. The van der Waals surface area contributed by atoms with Crippen LogP contribution in [0.25, 0.3) is 5.69 Å². The number of hydrogen-bond donors (Lipinski definition) is 2. The van der Waals surface area contributed by atoms with E-state index in [9.17, 15) is 18.0 Å². The van der Waals surface area contributed by atoms with E-state index in [1.54, 1.807) is 13.8 Å². The lowest BCUT2D eigenvalue weighted by molar-refractivity contribution is -0.113. The molecule has 0 unspecified atom stereocenters. The number of sulfonamides is 1. The molecule has 0 aliphatic rings. The van der Waals surface area contributed by atoms with Crippen LogP contribution in [0.5, 0.6) is 0 Å². The van der Waals surface area contributed by atoms with Gasteiger partial charge in [-0.15, -0.1) is 10.2 Å². The third-order valence-electron chi connectivity index (χ3n) is 6.81. The largest absolute Gasteiger partial charge is 0.345 e. The van der Waals surface area contributed by atoms with Crippen molar-refractivity contribution >= 4 is 39.3 Å². The molecule has 0 saturated heterocycles. The van der Waals surface area contributed by atoms with E-state index in [0.29, 0.717) is 29.6 Å². The van der Waals surface area contributed by atoms with Crippen molar-refractivity contribution in [2.24, 2.45) is 0 Å². The molecule has 43 heavy (non-hydrogen) atoms. The van der Waals surface area contributed by atoms with Crippen LogP contribution in [-0.4, -0.2) is 58.1 Å². The number of carbonyl (C=O) groups is 2. The van der Waals surface area contributed by atoms with Gasteiger partial charge in [-0.1, -0.05) is 49.9 Å². The third-order valence-corrected chi connectivity index (χ3v) is 9.80. The number of aromatic nitrogens is 3. The third kappa shape index (κ3) is 7.70. The summed E-state index contributed by atoms with van der Waals surface area (Å²) in [4.78, 5) is 25.9. The number of aryl methyl sites for hydroxylation is 3. The first-order valence-corrected chi connectivity index (χ1v) is 16.4. The number of amides is 2. The van der Waals surface area contributed by atoms with E-state index in [1.807, 2.05) is 67.8 Å². The zero-order chi connectivity index (χ0) is 31.1. The van der Waals surface area contributed by atoms with E-state index in [4.69, 9.17) is 0 Å². The molecule has 2 amide bonds. The number of anilines is 1. The Hall–Kier alpha value is -4.00. The summed E-state index contributed by atoms with van der Waals surface area (Å²) in [6.45, 7) is 10.3. The predicted molar refractivity (Wildman–Crippen MR) is 169 cm³/mol. The van der Waals surface area contributed by atoms with Crippen molar-refractivity contribution in [3.8, 4) is 5.69 Å². The first-order chi connectivity index (χ1) is 20.5. The molecule has 0 aliphatic heterocycles. The lowest BCUT2D eigenvalue weighted by Crippen LogP contribution is -2.30. The van der Waals surface area contributed by atoms with Crippen LogP contribution < -0.4 is 10.6 Å². The molecule has 0 spiro atoms. The van der Waals surface area contributed by atoms with Crippen LogP contribution in [0.2, 0.25) is 0 Å². The van der Waals surface area contributed by atoms with Crippen LogP contribution in [0.3, 0.4) is 0 Å². The highest BCUT2D eigenvalue weighted by Crippen LogP contribution is 2.26. The molecule has 0 bridgehead atoms. The molecule has 0 fully saturated rings. The van der Waals surface area contributed by atoms with Crippen LogP contribution in [0, 0.1) is 20.8 Å². The average molecular weight is 621 g/mol. The highest BCUT2D eigenvalue weighted by molar-refractivity contribution is 7.99. The van der Waals surface area contributed by atoms with Gasteiger partial charge in [-0.2, -0.15) is 4.31 Å². The topological polar surface area (TPSA) is 126 Å². The zero-order valence-corrected chi connectivity index (χ0v) is 26.6. The Bertz CT molecular complexity index is 1710. The predicted octanol–water partition coefficient (Wildman–Crippen LogP) is 4.88. The summed E-state index contributed by atoms with van der Waals surface area (Å²) in [5.74, 6) is 0.0531. The molecule has 3 aromatic carbocycles. The Morgan fingerprint density at radius 3 is 2.28 bits per heavy atom. The fraction of sp³-hybridized carbons (Fsp3) is 0.290. The molecule has 1 heterocycles. The van der Waals surface area contributed by atoms with Gasteiger partial charge >= 0.3 is 0 Å². The monoisotopic (exact) mass is 620 g/mol. The molecule has 226 valence electrons. The molecule has 10 nitrogen and oxygen atoms in total. The maximum atomic E-state index is 13.0. The van der Waals surface area contributed by atoms with Crippen LogP contribution in [-0.2, 0) is 21.4 Å². The van der Waals surface area contributed by atoms with E-state index in [-0.39, 0.29) is 29.0 Å². The Balaban J connectivity index is 1.52. The maximum Gasteiger partial charge on any atom is 0.251 e. The molecule has 4 aromatic rings. The summed E-state index contributed by atoms with van der Waals surface area (Å²) in [6, 6.07) is 19.5. The van der Waals surface area contributed by atoms with Gasteiger partial charge in [-0.25, -0.2) is 8.42 Å². The van der Waals surface area contributed by atoms with Gasteiger partial charge < -0.3 is 10.6 Å². The van der Waals surface area contributed by atoms with E-state index in [1.165, 1.54) is 40.3 Å². The number of hydrogen-bond acceptors (Lipinski definition) is 7. The standard InChI is InChI=1S/C31H36N6O4S2/c1-6-36(7-2)43(40,41)26-15-13-24(14-16-26)30(39)32-19-28-34-35-31(37(28)27-18-22(4)11-12-23(27)5)42-20-29(38)33-25-10-8-9-21(3)17-25/h8-18H,6-7,19-20H2,1-5H3,(H,32,39)(H,33,38). The Labute approximate surface area is 257 Å². The molecular formula is C31H36N6O4S2. The SMILES string of the molecule is CCN(CC)S(=O)(=O)c1ccc(C(=O)NCc2nnc(SCC(=O)Nc3cccc(C)c3)n2-c2cc(C)ccc2C)cc1. The van der Waals surface area contributed by atoms with Crippen molar-refractivity contribution in [1.29, 1.82) is 0 Å². The van der Waals surface area contributed by atoms with Gasteiger partial charge in [0.25, 0.3) is 5.91 Å². The minimum absolute atomic E-state index is 0.0642. The second-order valence-electron chi connectivity index (χ2n) is 10.0. The fourth-order valence-corrected chi connectivity index (χ4v) is 6.73. The van der Waals surface area contributed by atoms with E-state index in [2.05, 4.69) is 20.8 Å². The number of nitrogens with one attached hydrogen (secondary N) is 2. The second kappa shape index (κ2) is 14.0. The first-order valence-electron chi connectivity index (χ1n) is 13.9. The molecule has 1 aromatic heterocycles. The zero-order valence-electron chi connectivity index (χ0n) is 24.9. The molecule has 0 radical (unpaired) electrons. The number of rotatable bonds is 12. The van der Waals surface area contributed by atoms with Gasteiger partial charge in [0.15, 0.2) is 11.0 Å². The van der Waals surface area contributed by atoms with Gasteiger partial charge in [0.2, 0.25) is 15.9 Å². The Kier molecular flexibility index (Phi) is 10.4. The van der Waals surface area contributed by atoms with Gasteiger partial charge in [-0.05, 0) is 79.9 Å². The number of benzene rings is 3. The second-order valence-corrected chi connectivity index (χ2v) is 12.9. The number of carbonyl (C=O) groups excluding carboxylic acids is 2. The molecule has 4 rings (SSSR count). The van der Waals surface area contributed by atoms with Crippen LogP contribution in [0.1, 0.15) is 46.7 Å². The maximum absolute atomic E-state index is 13.0. The van der Waals surface area contributed by atoms with Crippen molar-refractivity contribution in [2.75, 3.05) is 24.2 Å². The highest BCUT2D eigenvalue weighted by atomic mass is 32.2. The number of nitrogens with zero attached hydrogens (tertiary/aromatic N) is 4. The van der Waals surface area contributed by atoms with Crippen LogP contribution >= 0.6 is 11.8 Å². The van der Waals surface area contributed by atoms with Crippen molar-refractivity contribution < 1.29 is 18.0 Å². The lowest BCUT2D eigenvalue weighted by atomic mass is 10.1. The summed E-state index contributed by atoms with van der Waals surface area (Å²) in [7, 11) is -3.62. The average Bonchev–Trinajstić information content (AvgIpc) is 3.39. The smallest absolute Gasteiger partial charge is 0.251 e. The van der Waals surface area contributed by atoms with Crippen molar-refractivity contribution in [3.05, 3.63) is 94.8 Å². The fourth-order valence-electron chi connectivity index (χ4n) is 4.51. The molecule has 0 aliphatic carbocycles. The molecule has 0 saturated carbocycles. The van der Waals surface area contributed by atoms with Gasteiger partial charge in [0.05, 0.1) is 22.9 Å². The number of thioether (sulfide) groups is 1. The normalized spacial score (nSPS) is 11.5.